The maximum Gasteiger partial charge on any atom is 0.244 e. The minimum Gasteiger partial charge on any atom is -0.396 e. The number of nitrogens with two attached hydrogens (primary N) is 1. The lowest BCUT2D eigenvalue weighted by Gasteiger charge is -2.31. The van der Waals surface area contributed by atoms with Gasteiger partial charge in [-0.3, -0.25) is 0 Å². The molecule has 0 bridgehead atoms. The van der Waals surface area contributed by atoms with Crippen molar-refractivity contribution in [2.75, 3.05) is 31.8 Å². The van der Waals surface area contributed by atoms with Crippen LogP contribution in [0.1, 0.15) is 20.8 Å². The summed E-state index contributed by atoms with van der Waals surface area (Å²) in [6, 6.07) is 5.38. The van der Waals surface area contributed by atoms with Crippen molar-refractivity contribution in [1.82, 2.24) is 4.31 Å². The predicted molar refractivity (Wildman–Crippen MR) is 84.4 cm³/mol. The maximum atomic E-state index is 12.3. The van der Waals surface area contributed by atoms with Gasteiger partial charge in [-0.1, -0.05) is 19.9 Å². The molecule has 1 unspecified atom stereocenters. The number of nitrogens with zero attached hydrogens (tertiary/aromatic N) is 2. The van der Waals surface area contributed by atoms with Gasteiger partial charge in [0.1, 0.15) is 4.90 Å². The molecule has 2 N–H and O–H groups in total. The van der Waals surface area contributed by atoms with Crippen molar-refractivity contribution in [2.45, 2.75) is 31.7 Å². The summed E-state index contributed by atoms with van der Waals surface area (Å²) in [5.74, 6) is 0.438. The highest BCUT2D eigenvalue weighted by Crippen LogP contribution is 2.32. The number of anilines is 2. The second-order valence-electron chi connectivity index (χ2n) is 5.57. The second kappa shape index (κ2) is 6.01. The van der Waals surface area contributed by atoms with Gasteiger partial charge in [-0.2, -0.15) is 0 Å². The number of hydrogen-bond donors (Lipinski definition) is 1. The Kier molecular flexibility index (Phi) is 5.05. The smallest absolute Gasteiger partial charge is 0.244 e. The lowest BCUT2D eigenvalue weighted by molar-refractivity contribution is 0.505. The van der Waals surface area contributed by atoms with Gasteiger partial charge in [0, 0.05) is 27.2 Å². The summed E-state index contributed by atoms with van der Waals surface area (Å²) in [5.41, 5.74) is 7.15. The van der Waals surface area contributed by atoms with Crippen molar-refractivity contribution in [3.05, 3.63) is 18.2 Å². The molecule has 1 aromatic carbocycles. The van der Waals surface area contributed by atoms with Crippen LogP contribution in [0.5, 0.6) is 0 Å². The summed E-state index contributed by atoms with van der Waals surface area (Å²) in [7, 11) is 1.41. The number of hydrogen-bond acceptors (Lipinski definition) is 4. The Morgan fingerprint density at radius 3 is 2.10 bits per heavy atom. The first-order valence-electron chi connectivity index (χ1n) is 6.64. The molecule has 0 amide bonds. The van der Waals surface area contributed by atoms with Gasteiger partial charge in [-0.05, 0) is 25.0 Å². The molecular weight excluding hydrogens is 274 g/mol. The Balaban J connectivity index is 3.34. The Labute approximate surface area is 122 Å². The van der Waals surface area contributed by atoms with E-state index in [2.05, 4.69) is 20.8 Å². The highest BCUT2D eigenvalue weighted by molar-refractivity contribution is 7.89. The predicted octanol–water partition coefficient (Wildman–Crippen LogP) is 2.00. The van der Waals surface area contributed by atoms with E-state index in [1.807, 2.05) is 18.0 Å². The molecule has 0 heterocycles. The van der Waals surface area contributed by atoms with E-state index in [1.165, 1.54) is 18.4 Å². The lowest BCUT2D eigenvalue weighted by atomic mass is 10.0. The highest BCUT2D eigenvalue weighted by Gasteiger charge is 2.24. The number of rotatable bonds is 5. The quantitative estimate of drug-likeness (QED) is 0.845. The van der Waals surface area contributed by atoms with Crippen LogP contribution >= 0.6 is 0 Å². The van der Waals surface area contributed by atoms with E-state index < -0.39 is 10.0 Å². The van der Waals surface area contributed by atoms with Crippen molar-refractivity contribution in [3.63, 3.8) is 0 Å². The third-order valence-electron chi connectivity index (χ3n) is 3.76. The van der Waals surface area contributed by atoms with Crippen LogP contribution in [-0.4, -0.2) is 39.9 Å². The standard InChI is InChI=1S/C14H25N3O2S/c1-10(2)11(3)17(6)12-8-7-9-13(14(12)15)20(18,19)16(4)5/h7-11H,15H2,1-6H3. The van der Waals surface area contributed by atoms with Crippen LogP contribution in [0.25, 0.3) is 0 Å². The molecule has 1 aromatic rings. The molecule has 0 aliphatic rings. The van der Waals surface area contributed by atoms with Crippen LogP contribution in [0.2, 0.25) is 0 Å². The summed E-state index contributed by atoms with van der Waals surface area (Å²) < 4.78 is 25.7. The molecule has 6 heteroatoms. The van der Waals surface area contributed by atoms with Gasteiger partial charge in [0.25, 0.3) is 0 Å². The molecule has 20 heavy (non-hydrogen) atoms. The zero-order valence-corrected chi connectivity index (χ0v) is 13.9. The number of nitrogen functional groups attached to an aromatic ring is 1. The largest absolute Gasteiger partial charge is 0.396 e. The van der Waals surface area contributed by atoms with E-state index in [1.54, 1.807) is 12.1 Å². The Morgan fingerprint density at radius 2 is 1.65 bits per heavy atom. The molecule has 0 aliphatic heterocycles. The average molecular weight is 299 g/mol. The first-order chi connectivity index (χ1) is 9.10. The molecule has 0 saturated heterocycles. The van der Waals surface area contributed by atoms with Crippen molar-refractivity contribution >= 4 is 21.4 Å². The normalized spacial score (nSPS) is 13.8. The van der Waals surface area contributed by atoms with Gasteiger partial charge in [-0.25, -0.2) is 12.7 Å². The van der Waals surface area contributed by atoms with Gasteiger partial charge in [0.15, 0.2) is 0 Å². The maximum absolute atomic E-state index is 12.3. The monoisotopic (exact) mass is 299 g/mol. The van der Waals surface area contributed by atoms with Crippen molar-refractivity contribution in [3.8, 4) is 0 Å². The fraction of sp³-hybridized carbons (Fsp3) is 0.571. The molecule has 5 nitrogen and oxygen atoms in total. The molecule has 0 spiro atoms. The van der Waals surface area contributed by atoms with Gasteiger partial charge >= 0.3 is 0 Å². The van der Waals surface area contributed by atoms with Gasteiger partial charge < -0.3 is 10.6 Å². The molecule has 0 aliphatic carbocycles. The lowest BCUT2D eigenvalue weighted by Crippen LogP contribution is -2.34. The Hall–Kier alpha value is -1.27. The van der Waals surface area contributed by atoms with E-state index in [0.717, 1.165) is 5.69 Å². The highest BCUT2D eigenvalue weighted by atomic mass is 32.2. The first kappa shape index (κ1) is 16.8. The zero-order valence-electron chi connectivity index (χ0n) is 13.1. The van der Waals surface area contributed by atoms with E-state index >= 15 is 0 Å². The summed E-state index contributed by atoms with van der Waals surface area (Å²) in [4.78, 5) is 2.18. The molecule has 1 atom stereocenters. The van der Waals surface area contributed by atoms with Crippen LogP contribution in [0.3, 0.4) is 0 Å². The van der Waals surface area contributed by atoms with Crippen molar-refractivity contribution < 1.29 is 8.42 Å². The molecule has 0 fully saturated rings. The second-order valence-corrected chi connectivity index (χ2v) is 7.69. The Bertz CT molecular complexity index is 568. The summed E-state index contributed by atoms with van der Waals surface area (Å²) in [6.45, 7) is 6.34. The SMILES string of the molecule is CC(C)C(C)N(C)c1cccc(S(=O)(=O)N(C)C)c1N. The van der Waals surface area contributed by atoms with E-state index in [-0.39, 0.29) is 10.9 Å². The third kappa shape index (κ3) is 3.07. The molecule has 114 valence electrons. The molecular formula is C14H25N3O2S. The minimum atomic E-state index is -3.53. The van der Waals surface area contributed by atoms with Crippen LogP contribution in [0.4, 0.5) is 11.4 Å². The van der Waals surface area contributed by atoms with Crippen LogP contribution in [0.15, 0.2) is 23.1 Å². The van der Waals surface area contributed by atoms with Gasteiger partial charge in [-0.15, -0.1) is 0 Å². The molecule has 1 rings (SSSR count). The summed E-state index contributed by atoms with van der Waals surface area (Å²) in [6.07, 6.45) is 0. The molecule has 0 radical (unpaired) electrons. The van der Waals surface area contributed by atoms with Crippen LogP contribution in [-0.2, 0) is 10.0 Å². The van der Waals surface area contributed by atoms with Crippen LogP contribution in [0, 0.1) is 5.92 Å². The average Bonchev–Trinajstić information content (AvgIpc) is 2.36. The minimum absolute atomic E-state index is 0.155. The first-order valence-corrected chi connectivity index (χ1v) is 8.08. The topological polar surface area (TPSA) is 66.6 Å². The fourth-order valence-electron chi connectivity index (χ4n) is 1.93. The fourth-order valence-corrected chi connectivity index (χ4v) is 2.95. The van der Waals surface area contributed by atoms with E-state index in [9.17, 15) is 8.42 Å². The number of benzene rings is 1. The third-order valence-corrected chi connectivity index (χ3v) is 5.63. The van der Waals surface area contributed by atoms with Crippen LogP contribution < -0.4 is 10.6 Å². The summed E-state index contributed by atoms with van der Waals surface area (Å²) in [5, 5.41) is 0. The van der Waals surface area contributed by atoms with Crippen molar-refractivity contribution in [2.24, 2.45) is 5.92 Å². The summed E-state index contributed by atoms with van der Waals surface area (Å²) >= 11 is 0. The molecule has 0 saturated carbocycles. The number of para-hydroxylation sites is 1. The Morgan fingerprint density at radius 1 is 1.10 bits per heavy atom. The zero-order chi connectivity index (χ0) is 15.7. The van der Waals surface area contributed by atoms with Gasteiger partial charge in [0.2, 0.25) is 10.0 Å². The van der Waals surface area contributed by atoms with Gasteiger partial charge in [0.05, 0.1) is 11.4 Å². The number of sulfonamides is 1. The van der Waals surface area contributed by atoms with Crippen molar-refractivity contribution in [1.29, 1.82) is 0 Å². The van der Waals surface area contributed by atoms with E-state index in [0.29, 0.717) is 11.6 Å². The molecule has 0 aromatic heterocycles. The van der Waals surface area contributed by atoms with E-state index in [4.69, 9.17) is 5.73 Å².